The second-order valence-electron chi connectivity index (χ2n) is 7.95. The van der Waals surface area contributed by atoms with Gasteiger partial charge in [-0.25, -0.2) is 9.97 Å². The Balaban J connectivity index is 1.61. The van der Waals surface area contributed by atoms with E-state index in [1.165, 1.54) is 22.5 Å². The van der Waals surface area contributed by atoms with Crippen LogP contribution < -0.4 is 4.90 Å². The minimum Gasteiger partial charge on any atom is -0.310 e. The van der Waals surface area contributed by atoms with Crippen molar-refractivity contribution in [3.63, 3.8) is 0 Å². The summed E-state index contributed by atoms with van der Waals surface area (Å²) in [6.45, 7) is 4.58. The molecule has 3 aromatic carbocycles. The molecule has 0 N–H and O–H groups in total. The van der Waals surface area contributed by atoms with Crippen molar-refractivity contribution in [2.24, 2.45) is 0 Å². The lowest BCUT2D eigenvalue weighted by molar-refractivity contribution is 0.632. The topological polar surface area (TPSA) is 52.8 Å². The van der Waals surface area contributed by atoms with Gasteiger partial charge in [-0.1, -0.05) is 62.4 Å². The number of hydrogen-bond acceptors (Lipinski definition) is 4. The van der Waals surface area contributed by atoms with Crippen LogP contribution in [0.2, 0.25) is 0 Å². The van der Waals surface area contributed by atoms with Crippen LogP contribution in [0, 0.1) is 11.3 Å². The lowest BCUT2D eigenvalue weighted by Crippen LogP contribution is -2.30. The molecule has 0 radical (unpaired) electrons. The Kier molecular flexibility index (Phi) is 4.11. The Labute approximate surface area is 176 Å². The van der Waals surface area contributed by atoms with Crippen molar-refractivity contribution in [2.75, 3.05) is 4.90 Å². The highest BCUT2D eigenvalue weighted by atomic mass is 15.2. The summed E-state index contributed by atoms with van der Waals surface area (Å²) in [6, 6.07) is 27.6. The summed E-state index contributed by atoms with van der Waals surface area (Å²) >= 11 is 0. The van der Waals surface area contributed by atoms with Gasteiger partial charge in [0.2, 0.25) is 5.82 Å². The lowest BCUT2D eigenvalue weighted by Gasteiger charge is -2.42. The molecule has 0 bridgehead atoms. The van der Waals surface area contributed by atoms with E-state index in [4.69, 9.17) is 5.26 Å². The number of hydrogen-bond donors (Lipinski definition) is 0. The third kappa shape index (κ3) is 2.75. The molecule has 0 unspecified atom stereocenters. The van der Waals surface area contributed by atoms with Gasteiger partial charge >= 0.3 is 0 Å². The second-order valence-corrected chi connectivity index (χ2v) is 7.95. The predicted octanol–water partition coefficient (Wildman–Crippen LogP) is 6.12. The number of nitriles is 1. The number of fused-ring (bicyclic) bond motifs is 2. The summed E-state index contributed by atoms with van der Waals surface area (Å²) in [5.41, 5.74) is 7.98. The first-order chi connectivity index (χ1) is 14.6. The molecule has 1 aromatic heterocycles. The molecule has 30 heavy (non-hydrogen) atoms. The van der Waals surface area contributed by atoms with Crippen LogP contribution in [0.3, 0.4) is 0 Å². The number of benzene rings is 3. The summed E-state index contributed by atoms with van der Waals surface area (Å²) < 4.78 is 0. The summed E-state index contributed by atoms with van der Waals surface area (Å²) in [4.78, 5) is 10.5. The van der Waals surface area contributed by atoms with E-state index >= 15 is 0 Å². The standard InChI is InChI=1S/C26H20N4/c1-26(2)21-7-3-5-9-23(21)30(24-10-6-4-8-22(24)26)20-13-11-18(12-14-20)19-16-28-25(15-27)29-17-19/h3-14,16-17H,1-2H3. The zero-order valence-electron chi connectivity index (χ0n) is 16.9. The van der Waals surface area contributed by atoms with Gasteiger partial charge in [0.1, 0.15) is 6.07 Å². The number of nitrogens with zero attached hydrogens (tertiary/aromatic N) is 4. The first-order valence-electron chi connectivity index (χ1n) is 9.91. The smallest absolute Gasteiger partial charge is 0.232 e. The number of aromatic nitrogens is 2. The molecular weight excluding hydrogens is 368 g/mol. The van der Waals surface area contributed by atoms with Gasteiger partial charge in [-0.3, -0.25) is 0 Å². The molecule has 5 rings (SSSR count). The zero-order chi connectivity index (χ0) is 20.7. The normalized spacial score (nSPS) is 13.8. The van der Waals surface area contributed by atoms with Gasteiger partial charge in [0.05, 0.1) is 11.4 Å². The SMILES string of the molecule is CC1(C)c2ccccc2N(c2ccc(-c3cnc(C#N)nc3)cc2)c2ccccc21. The minimum atomic E-state index is -0.0660. The Morgan fingerprint density at radius 3 is 1.80 bits per heavy atom. The van der Waals surface area contributed by atoms with Gasteiger partial charge in [0.25, 0.3) is 0 Å². The molecule has 144 valence electrons. The van der Waals surface area contributed by atoms with E-state index < -0.39 is 0 Å². The summed E-state index contributed by atoms with van der Waals surface area (Å²) in [6.07, 6.45) is 3.38. The van der Waals surface area contributed by atoms with E-state index in [0.717, 1.165) is 16.8 Å². The highest BCUT2D eigenvalue weighted by Crippen LogP contribution is 2.51. The molecule has 0 aliphatic carbocycles. The van der Waals surface area contributed by atoms with Crippen LogP contribution in [0.25, 0.3) is 11.1 Å². The Bertz CT molecular complexity index is 1220. The van der Waals surface area contributed by atoms with Crippen molar-refractivity contribution < 1.29 is 0 Å². The second kappa shape index (κ2) is 6.82. The maximum Gasteiger partial charge on any atom is 0.232 e. The zero-order valence-corrected chi connectivity index (χ0v) is 16.9. The highest BCUT2D eigenvalue weighted by molar-refractivity contribution is 5.86. The van der Waals surface area contributed by atoms with E-state index in [1.807, 2.05) is 6.07 Å². The van der Waals surface area contributed by atoms with Crippen molar-refractivity contribution in [1.82, 2.24) is 9.97 Å². The van der Waals surface area contributed by atoms with Gasteiger partial charge in [0, 0.05) is 29.1 Å². The third-order valence-corrected chi connectivity index (χ3v) is 5.85. The van der Waals surface area contributed by atoms with Gasteiger partial charge in [-0.15, -0.1) is 0 Å². The molecule has 0 fully saturated rings. The van der Waals surface area contributed by atoms with Crippen molar-refractivity contribution in [3.05, 3.63) is 102 Å². The summed E-state index contributed by atoms with van der Waals surface area (Å²) in [7, 11) is 0. The van der Waals surface area contributed by atoms with Crippen LogP contribution in [-0.4, -0.2) is 9.97 Å². The molecule has 1 aliphatic rings. The fourth-order valence-electron chi connectivity index (χ4n) is 4.29. The van der Waals surface area contributed by atoms with Crippen molar-refractivity contribution >= 4 is 17.1 Å². The molecule has 0 saturated heterocycles. The monoisotopic (exact) mass is 388 g/mol. The van der Waals surface area contributed by atoms with Crippen LogP contribution in [0.4, 0.5) is 17.1 Å². The lowest BCUT2D eigenvalue weighted by atomic mass is 9.73. The van der Waals surface area contributed by atoms with Crippen LogP contribution in [0.15, 0.2) is 85.2 Å². The molecule has 0 atom stereocenters. The highest BCUT2D eigenvalue weighted by Gasteiger charge is 2.36. The van der Waals surface area contributed by atoms with Crippen LogP contribution in [-0.2, 0) is 5.41 Å². The average molecular weight is 388 g/mol. The van der Waals surface area contributed by atoms with Gasteiger partial charge in [-0.05, 0) is 41.0 Å². The number of para-hydroxylation sites is 2. The fraction of sp³-hybridized carbons (Fsp3) is 0.115. The number of anilines is 3. The summed E-state index contributed by atoms with van der Waals surface area (Å²) in [5, 5.41) is 8.90. The van der Waals surface area contributed by atoms with E-state index in [-0.39, 0.29) is 11.2 Å². The Morgan fingerprint density at radius 2 is 1.27 bits per heavy atom. The molecule has 4 aromatic rings. The Hall–Kier alpha value is -3.97. The van der Waals surface area contributed by atoms with Gasteiger partial charge in [0.15, 0.2) is 0 Å². The average Bonchev–Trinajstić information content (AvgIpc) is 2.80. The maximum atomic E-state index is 8.90. The van der Waals surface area contributed by atoms with Crippen LogP contribution in [0.1, 0.15) is 30.8 Å². The van der Waals surface area contributed by atoms with E-state index in [1.54, 1.807) is 12.4 Å². The molecular formula is C26H20N4. The van der Waals surface area contributed by atoms with Crippen molar-refractivity contribution in [1.29, 1.82) is 5.26 Å². The fourth-order valence-corrected chi connectivity index (χ4v) is 4.29. The largest absolute Gasteiger partial charge is 0.310 e. The van der Waals surface area contributed by atoms with Crippen molar-refractivity contribution in [2.45, 2.75) is 19.3 Å². The minimum absolute atomic E-state index is 0.0660. The van der Waals surface area contributed by atoms with E-state index in [2.05, 4.69) is 102 Å². The molecule has 0 amide bonds. The van der Waals surface area contributed by atoms with E-state index in [9.17, 15) is 0 Å². The maximum absolute atomic E-state index is 8.90. The van der Waals surface area contributed by atoms with E-state index in [0.29, 0.717) is 0 Å². The van der Waals surface area contributed by atoms with Crippen molar-refractivity contribution in [3.8, 4) is 17.2 Å². The summed E-state index contributed by atoms with van der Waals surface area (Å²) in [5.74, 6) is 0.180. The van der Waals surface area contributed by atoms with Gasteiger partial charge < -0.3 is 4.90 Å². The molecule has 0 spiro atoms. The quantitative estimate of drug-likeness (QED) is 0.415. The molecule has 4 heteroatoms. The Morgan fingerprint density at radius 1 is 0.733 bits per heavy atom. The molecule has 0 saturated carbocycles. The van der Waals surface area contributed by atoms with Crippen LogP contribution in [0.5, 0.6) is 0 Å². The molecule has 1 aliphatic heterocycles. The molecule has 2 heterocycles. The van der Waals surface area contributed by atoms with Gasteiger partial charge in [-0.2, -0.15) is 5.26 Å². The van der Waals surface area contributed by atoms with Crippen LogP contribution >= 0.6 is 0 Å². The predicted molar refractivity (Wildman–Crippen MR) is 119 cm³/mol. The first kappa shape index (κ1) is 18.1. The first-order valence-corrected chi connectivity index (χ1v) is 9.91. The molecule has 4 nitrogen and oxygen atoms in total. The third-order valence-electron chi connectivity index (χ3n) is 5.85. The number of rotatable bonds is 2.